The predicted molar refractivity (Wildman–Crippen MR) is 84.5 cm³/mol. The van der Waals surface area contributed by atoms with Gasteiger partial charge < -0.3 is 10.3 Å². The molecule has 0 spiro atoms. The van der Waals surface area contributed by atoms with Crippen molar-refractivity contribution in [2.24, 2.45) is 0 Å². The molecule has 0 saturated heterocycles. The highest BCUT2D eigenvalue weighted by atomic mass is 79.9. The van der Waals surface area contributed by atoms with Crippen LogP contribution in [0.1, 0.15) is 11.1 Å². The van der Waals surface area contributed by atoms with Gasteiger partial charge in [-0.15, -0.1) is 0 Å². The maximum atomic E-state index is 3.56. The van der Waals surface area contributed by atoms with E-state index in [1.807, 2.05) is 0 Å². The number of hydrogen-bond acceptors (Lipinski definition) is 1. The Morgan fingerprint density at radius 3 is 2.84 bits per heavy atom. The lowest BCUT2D eigenvalue weighted by atomic mass is 10.1. The van der Waals surface area contributed by atoms with Gasteiger partial charge in [0.2, 0.25) is 0 Å². The Morgan fingerprint density at radius 2 is 1.95 bits per heavy atom. The second kappa shape index (κ2) is 5.10. The highest BCUT2D eigenvalue weighted by molar-refractivity contribution is 9.10. The average Bonchev–Trinajstić information content (AvgIpc) is 2.84. The molecule has 0 saturated carbocycles. The Kier molecular flexibility index (Phi) is 3.30. The molecule has 0 aliphatic rings. The lowest BCUT2D eigenvalue weighted by molar-refractivity contribution is 1.15. The summed E-state index contributed by atoms with van der Waals surface area (Å²) in [4.78, 5) is 3.30. The van der Waals surface area contributed by atoms with Crippen LogP contribution in [0.3, 0.4) is 0 Å². The van der Waals surface area contributed by atoms with Gasteiger partial charge in [-0.05, 0) is 36.2 Å². The SMILES string of the molecule is Cc1c(Br)cccc1NCc1c[nH]c2ccccc12. The molecule has 3 aromatic rings. The van der Waals surface area contributed by atoms with Gasteiger partial charge in [0.15, 0.2) is 0 Å². The Morgan fingerprint density at radius 1 is 1.11 bits per heavy atom. The Labute approximate surface area is 121 Å². The fourth-order valence-electron chi connectivity index (χ4n) is 2.27. The molecule has 3 heteroatoms. The van der Waals surface area contributed by atoms with Crippen molar-refractivity contribution in [1.29, 1.82) is 0 Å². The maximum Gasteiger partial charge on any atom is 0.0457 e. The molecular formula is C16H15BrN2. The first-order valence-electron chi connectivity index (χ1n) is 6.29. The highest BCUT2D eigenvalue weighted by Gasteiger charge is 2.04. The van der Waals surface area contributed by atoms with E-state index in [-0.39, 0.29) is 0 Å². The van der Waals surface area contributed by atoms with Gasteiger partial charge in [-0.3, -0.25) is 0 Å². The maximum absolute atomic E-state index is 3.56. The Bertz CT molecular complexity index is 716. The molecule has 0 fully saturated rings. The highest BCUT2D eigenvalue weighted by Crippen LogP contribution is 2.25. The number of para-hydroxylation sites is 1. The molecule has 0 bridgehead atoms. The van der Waals surface area contributed by atoms with Gasteiger partial charge in [0, 0.05) is 33.8 Å². The van der Waals surface area contributed by atoms with Gasteiger partial charge in [-0.25, -0.2) is 0 Å². The first kappa shape index (κ1) is 12.3. The number of nitrogens with one attached hydrogen (secondary N) is 2. The van der Waals surface area contributed by atoms with E-state index in [9.17, 15) is 0 Å². The van der Waals surface area contributed by atoms with Gasteiger partial charge in [-0.1, -0.05) is 40.2 Å². The van der Waals surface area contributed by atoms with E-state index in [0.717, 1.165) is 11.0 Å². The monoisotopic (exact) mass is 314 g/mol. The van der Waals surface area contributed by atoms with Crippen LogP contribution in [-0.2, 0) is 6.54 Å². The molecule has 2 N–H and O–H groups in total. The van der Waals surface area contributed by atoms with Gasteiger partial charge in [0.1, 0.15) is 0 Å². The zero-order valence-corrected chi connectivity index (χ0v) is 12.3. The van der Waals surface area contributed by atoms with Crippen LogP contribution in [0.4, 0.5) is 5.69 Å². The van der Waals surface area contributed by atoms with Gasteiger partial charge in [0.25, 0.3) is 0 Å². The minimum absolute atomic E-state index is 0.821. The van der Waals surface area contributed by atoms with E-state index in [2.05, 4.69) is 81.8 Å². The number of rotatable bonds is 3. The predicted octanol–water partition coefficient (Wildman–Crippen LogP) is 4.85. The first-order chi connectivity index (χ1) is 9.25. The molecule has 0 amide bonds. The number of H-pyrrole nitrogens is 1. The van der Waals surface area contributed by atoms with Crippen molar-refractivity contribution in [2.75, 3.05) is 5.32 Å². The minimum Gasteiger partial charge on any atom is -0.381 e. The molecule has 2 nitrogen and oxygen atoms in total. The molecule has 0 unspecified atom stereocenters. The molecular weight excluding hydrogens is 300 g/mol. The number of aromatic nitrogens is 1. The van der Waals surface area contributed by atoms with Crippen LogP contribution in [0.5, 0.6) is 0 Å². The quantitative estimate of drug-likeness (QED) is 0.710. The van der Waals surface area contributed by atoms with E-state index in [4.69, 9.17) is 0 Å². The molecule has 3 rings (SSSR count). The molecule has 1 heterocycles. The summed E-state index contributed by atoms with van der Waals surface area (Å²) in [5.74, 6) is 0. The third kappa shape index (κ3) is 2.38. The standard InChI is InChI=1S/C16H15BrN2/c1-11-14(17)6-4-8-15(11)18-9-12-10-19-16-7-3-2-5-13(12)16/h2-8,10,18-19H,9H2,1H3. The van der Waals surface area contributed by atoms with Crippen LogP contribution in [0.15, 0.2) is 53.1 Å². The zero-order chi connectivity index (χ0) is 13.2. The first-order valence-corrected chi connectivity index (χ1v) is 7.09. The van der Waals surface area contributed by atoms with Gasteiger partial charge in [0.05, 0.1) is 0 Å². The summed E-state index contributed by atoms with van der Waals surface area (Å²) in [5.41, 5.74) is 4.88. The summed E-state index contributed by atoms with van der Waals surface area (Å²) in [6.45, 7) is 2.93. The van der Waals surface area contributed by atoms with Crippen molar-refractivity contribution in [2.45, 2.75) is 13.5 Å². The van der Waals surface area contributed by atoms with Crippen LogP contribution in [0.25, 0.3) is 10.9 Å². The summed E-state index contributed by atoms with van der Waals surface area (Å²) < 4.78 is 1.14. The van der Waals surface area contributed by atoms with Crippen molar-refractivity contribution < 1.29 is 0 Å². The fourth-order valence-corrected chi connectivity index (χ4v) is 2.63. The lowest BCUT2D eigenvalue weighted by Gasteiger charge is -2.10. The molecule has 0 radical (unpaired) electrons. The van der Waals surface area contributed by atoms with Crippen molar-refractivity contribution in [3.63, 3.8) is 0 Å². The fraction of sp³-hybridized carbons (Fsp3) is 0.125. The Hall–Kier alpha value is -1.74. The van der Waals surface area contributed by atoms with Crippen LogP contribution >= 0.6 is 15.9 Å². The summed E-state index contributed by atoms with van der Waals surface area (Å²) in [6.07, 6.45) is 2.07. The second-order valence-electron chi connectivity index (χ2n) is 4.63. The third-order valence-corrected chi connectivity index (χ3v) is 4.27. The molecule has 0 aliphatic heterocycles. The molecule has 19 heavy (non-hydrogen) atoms. The number of benzene rings is 2. The summed E-state index contributed by atoms with van der Waals surface area (Å²) in [5, 5.41) is 4.78. The summed E-state index contributed by atoms with van der Waals surface area (Å²) in [6, 6.07) is 14.6. The topological polar surface area (TPSA) is 27.8 Å². The third-order valence-electron chi connectivity index (χ3n) is 3.41. The van der Waals surface area contributed by atoms with Gasteiger partial charge >= 0.3 is 0 Å². The van der Waals surface area contributed by atoms with Crippen LogP contribution < -0.4 is 5.32 Å². The van der Waals surface area contributed by atoms with Crippen molar-refractivity contribution in [1.82, 2.24) is 4.98 Å². The van der Waals surface area contributed by atoms with E-state index < -0.39 is 0 Å². The van der Waals surface area contributed by atoms with E-state index in [1.54, 1.807) is 0 Å². The van der Waals surface area contributed by atoms with Crippen molar-refractivity contribution in [3.05, 3.63) is 64.3 Å². The number of hydrogen-bond donors (Lipinski definition) is 2. The molecule has 0 aliphatic carbocycles. The Balaban J connectivity index is 1.84. The van der Waals surface area contributed by atoms with Crippen molar-refractivity contribution >= 4 is 32.5 Å². The second-order valence-corrected chi connectivity index (χ2v) is 5.48. The molecule has 2 aromatic carbocycles. The lowest BCUT2D eigenvalue weighted by Crippen LogP contribution is -2.00. The van der Waals surface area contributed by atoms with E-state index >= 15 is 0 Å². The van der Waals surface area contributed by atoms with Crippen LogP contribution in [0, 0.1) is 6.92 Å². The summed E-state index contributed by atoms with van der Waals surface area (Å²) >= 11 is 3.56. The zero-order valence-electron chi connectivity index (χ0n) is 10.7. The van der Waals surface area contributed by atoms with Crippen LogP contribution in [0.2, 0.25) is 0 Å². The summed E-state index contributed by atoms with van der Waals surface area (Å²) in [7, 11) is 0. The number of aromatic amines is 1. The van der Waals surface area contributed by atoms with E-state index in [0.29, 0.717) is 0 Å². The minimum atomic E-state index is 0.821. The average molecular weight is 315 g/mol. The smallest absolute Gasteiger partial charge is 0.0457 e. The largest absolute Gasteiger partial charge is 0.381 e. The van der Waals surface area contributed by atoms with Crippen molar-refractivity contribution in [3.8, 4) is 0 Å². The molecule has 1 aromatic heterocycles. The number of fused-ring (bicyclic) bond motifs is 1. The molecule has 96 valence electrons. The van der Waals surface area contributed by atoms with Crippen LogP contribution in [-0.4, -0.2) is 4.98 Å². The van der Waals surface area contributed by atoms with E-state index in [1.165, 1.54) is 27.7 Å². The molecule has 0 atom stereocenters. The number of halogens is 1. The van der Waals surface area contributed by atoms with Gasteiger partial charge in [-0.2, -0.15) is 0 Å². The number of anilines is 1. The normalized spacial score (nSPS) is 10.8.